The molecule has 0 aliphatic carbocycles. The first-order valence-corrected chi connectivity index (χ1v) is 15.2. The fraction of sp³-hybridized carbons (Fsp3) is 0.484. The van der Waals surface area contributed by atoms with Gasteiger partial charge < -0.3 is 15.3 Å². The molecule has 3 N–H and O–H groups in total. The van der Waals surface area contributed by atoms with Gasteiger partial charge in [-0.25, -0.2) is 5.10 Å². The highest BCUT2D eigenvalue weighted by molar-refractivity contribution is 7.80. The number of unbranched alkanes of at least 4 members (excludes halogenated alkanes) is 2. The van der Waals surface area contributed by atoms with Gasteiger partial charge in [0.25, 0.3) is 0 Å². The highest BCUT2D eigenvalue weighted by Gasteiger charge is 2.29. The lowest BCUT2D eigenvalue weighted by Crippen LogP contribution is -2.50. The van der Waals surface area contributed by atoms with Crippen LogP contribution in [0.25, 0.3) is 22.5 Å². The number of H-pyrrole nitrogens is 1. The molecule has 0 saturated heterocycles. The molecule has 11 heteroatoms. The van der Waals surface area contributed by atoms with Crippen molar-refractivity contribution in [2.45, 2.75) is 71.9 Å². The Bertz CT molecular complexity index is 1280. The van der Waals surface area contributed by atoms with Crippen molar-refractivity contribution in [1.29, 1.82) is 0 Å². The highest BCUT2D eigenvalue weighted by atomic mass is 32.1. The first-order valence-electron chi connectivity index (χ1n) is 14.6. The number of carboxylic acids is 1. The number of aromatic amines is 1. The SMILES string of the molecule is CCCCCN(Cc1ccc(-c2ccccc2-c2nnn[nH]2)cc1)C(=O)[C@H](CCC(=O)O)NC(=O)C(CS)CC(C)C. The maximum Gasteiger partial charge on any atom is 0.303 e. The number of carbonyl (C=O) groups excluding carboxylic acids is 2. The molecule has 0 aliphatic rings. The monoisotopic (exact) mass is 594 g/mol. The van der Waals surface area contributed by atoms with Crippen molar-refractivity contribution in [1.82, 2.24) is 30.8 Å². The molecule has 0 saturated carbocycles. The normalized spacial score (nSPS) is 12.6. The van der Waals surface area contributed by atoms with Crippen LogP contribution in [-0.2, 0) is 20.9 Å². The molecule has 1 aromatic heterocycles. The third-order valence-electron chi connectivity index (χ3n) is 7.12. The number of thiol groups is 1. The first-order chi connectivity index (χ1) is 20.2. The van der Waals surface area contributed by atoms with E-state index < -0.39 is 12.0 Å². The average molecular weight is 595 g/mol. The van der Waals surface area contributed by atoms with Gasteiger partial charge in [-0.3, -0.25) is 14.4 Å². The van der Waals surface area contributed by atoms with E-state index >= 15 is 0 Å². The van der Waals surface area contributed by atoms with Crippen LogP contribution in [0.3, 0.4) is 0 Å². The van der Waals surface area contributed by atoms with Gasteiger partial charge in [0.05, 0.1) is 0 Å². The Balaban J connectivity index is 1.82. The van der Waals surface area contributed by atoms with Crippen LogP contribution in [0.4, 0.5) is 0 Å². The molecule has 2 atom stereocenters. The van der Waals surface area contributed by atoms with E-state index in [0.717, 1.165) is 41.5 Å². The fourth-order valence-electron chi connectivity index (χ4n) is 4.91. The third-order valence-corrected chi connectivity index (χ3v) is 7.56. The lowest BCUT2D eigenvalue weighted by Gasteiger charge is -2.29. The number of carboxylic acid groups (broad SMARTS) is 1. The number of hydrogen-bond donors (Lipinski definition) is 4. The van der Waals surface area contributed by atoms with Crippen molar-refractivity contribution in [3.8, 4) is 22.5 Å². The predicted molar refractivity (Wildman–Crippen MR) is 166 cm³/mol. The second kappa shape index (κ2) is 16.6. The van der Waals surface area contributed by atoms with Gasteiger partial charge in [0, 0.05) is 36.7 Å². The topological polar surface area (TPSA) is 141 Å². The van der Waals surface area contributed by atoms with Gasteiger partial charge in [0.15, 0.2) is 5.82 Å². The standard InChI is InChI=1S/C31H42N6O4S/c1-4-5-8-17-37(31(41)27(15-16-28(38)39)32-30(40)24(20-42)18-21(2)3)19-22-11-13-23(14-12-22)25-9-6-7-10-26(25)29-33-35-36-34-29/h6-7,9-14,21,24,27,42H,4-5,8,15-20H2,1-3H3,(H,32,40)(H,38,39)(H,33,34,35,36)/t24?,27-/m0/s1. The molecule has 0 aliphatic heterocycles. The van der Waals surface area contributed by atoms with Crippen LogP contribution >= 0.6 is 12.6 Å². The van der Waals surface area contributed by atoms with Crippen LogP contribution in [0.15, 0.2) is 48.5 Å². The second-order valence-electron chi connectivity index (χ2n) is 11.0. The summed E-state index contributed by atoms with van der Waals surface area (Å²) < 4.78 is 0. The van der Waals surface area contributed by atoms with E-state index in [2.05, 4.69) is 45.5 Å². The van der Waals surface area contributed by atoms with Crippen molar-refractivity contribution >= 4 is 30.4 Å². The molecule has 3 aromatic rings. The number of tetrazole rings is 1. The quantitative estimate of drug-likeness (QED) is 0.127. The zero-order valence-corrected chi connectivity index (χ0v) is 25.5. The van der Waals surface area contributed by atoms with Gasteiger partial charge in [0.1, 0.15) is 6.04 Å². The van der Waals surface area contributed by atoms with E-state index in [9.17, 15) is 19.5 Å². The van der Waals surface area contributed by atoms with Gasteiger partial charge in [0.2, 0.25) is 11.8 Å². The number of nitrogens with zero attached hydrogens (tertiary/aromatic N) is 4. The average Bonchev–Trinajstić information content (AvgIpc) is 3.52. The summed E-state index contributed by atoms with van der Waals surface area (Å²) in [6, 6.07) is 14.9. The second-order valence-corrected chi connectivity index (χ2v) is 11.3. The van der Waals surface area contributed by atoms with E-state index in [1.165, 1.54) is 0 Å². The minimum absolute atomic E-state index is 0.0252. The molecular formula is C31H42N6O4S. The van der Waals surface area contributed by atoms with Crippen molar-refractivity contribution in [2.24, 2.45) is 11.8 Å². The van der Waals surface area contributed by atoms with Gasteiger partial charge >= 0.3 is 5.97 Å². The summed E-state index contributed by atoms with van der Waals surface area (Å²) in [6.07, 6.45) is 3.21. The summed E-state index contributed by atoms with van der Waals surface area (Å²) in [4.78, 5) is 40.1. The van der Waals surface area contributed by atoms with Crippen molar-refractivity contribution < 1.29 is 19.5 Å². The Hall–Kier alpha value is -3.73. The number of benzene rings is 2. The number of hydrogen-bond acceptors (Lipinski definition) is 7. The van der Waals surface area contributed by atoms with E-state index in [-0.39, 0.29) is 36.5 Å². The fourth-order valence-corrected chi connectivity index (χ4v) is 5.23. The molecule has 0 fully saturated rings. The summed E-state index contributed by atoms with van der Waals surface area (Å²) in [7, 11) is 0. The molecule has 2 aromatic carbocycles. The van der Waals surface area contributed by atoms with Gasteiger partial charge in [-0.05, 0) is 52.3 Å². The minimum atomic E-state index is -1.01. The van der Waals surface area contributed by atoms with Crippen molar-refractivity contribution in [2.75, 3.05) is 12.3 Å². The number of nitrogens with one attached hydrogen (secondary N) is 2. The van der Waals surface area contributed by atoms with Gasteiger partial charge in [-0.2, -0.15) is 12.6 Å². The lowest BCUT2D eigenvalue weighted by atomic mass is 9.97. The maximum atomic E-state index is 13.9. The largest absolute Gasteiger partial charge is 0.481 e. The Labute approximate surface area is 253 Å². The molecule has 42 heavy (non-hydrogen) atoms. The van der Waals surface area contributed by atoms with E-state index in [4.69, 9.17) is 0 Å². The lowest BCUT2D eigenvalue weighted by molar-refractivity contribution is -0.140. The zero-order valence-electron chi connectivity index (χ0n) is 24.6. The van der Waals surface area contributed by atoms with E-state index in [1.807, 2.05) is 62.4 Å². The minimum Gasteiger partial charge on any atom is -0.481 e. The number of aromatic nitrogens is 4. The van der Waals surface area contributed by atoms with E-state index in [1.54, 1.807) is 4.90 Å². The molecular weight excluding hydrogens is 552 g/mol. The molecule has 3 rings (SSSR count). The molecule has 226 valence electrons. The van der Waals surface area contributed by atoms with Crippen molar-refractivity contribution in [3.05, 3.63) is 54.1 Å². The van der Waals surface area contributed by atoms with Crippen LogP contribution in [0.5, 0.6) is 0 Å². The molecule has 0 bridgehead atoms. The maximum absolute atomic E-state index is 13.9. The summed E-state index contributed by atoms with van der Waals surface area (Å²) >= 11 is 4.35. The smallest absolute Gasteiger partial charge is 0.303 e. The molecule has 2 amide bonds. The number of amides is 2. The first kappa shape index (κ1) is 32.8. The predicted octanol–water partition coefficient (Wildman–Crippen LogP) is 4.99. The summed E-state index contributed by atoms with van der Waals surface area (Å²) in [5, 5.41) is 26.4. The van der Waals surface area contributed by atoms with Crippen molar-refractivity contribution in [3.63, 3.8) is 0 Å². The van der Waals surface area contributed by atoms with Gasteiger partial charge in [-0.15, -0.1) is 5.10 Å². The third kappa shape index (κ3) is 9.68. The summed E-state index contributed by atoms with van der Waals surface area (Å²) in [5.74, 6) is -0.683. The molecule has 1 heterocycles. The molecule has 10 nitrogen and oxygen atoms in total. The molecule has 1 unspecified atom stereocenters. The molecule has 0 radical (unpaired) electrons. The van der Waals surface area contributed by atoms with Crippen LogP contribution in [0, 0.1) is 11.8 Å². The van der Waals surface area contributed by atoms with E-state index in [0.29, 0.717) is 31.1 Å². The molecule has 0 spiro atoms. The van der Waals surface area contributed by atoms with Crippen LogP contribution in [-0.4, -0.2) is 66.8 Å². The zero-order chi connectivity index (χ0) is 30.5. The van der Waals surface area contributed by atoms with Crippen LogP contribution in [0.1, 0.15) is 64.9 Å². The Morgan fingerprint density at radius 3 is 2.36 bits per heavy atom. The summed E-state index contributed by atoms with van der Waals surface area (Å²) in [5.41, 5.74) is 3.75. The number of aliphatic carboxylic acids is 1. The van der Waals surface area contributed by atoms with Gasteiger partial charge in [-0.1, -0.05) is 82.1 Å². The summed E-state index contributed by atoms with van der Waals surface area (Å²) in [6.45, 7) is 7.01. The number of carbonyl (C=O) groups is 3. The Morgan fingerprint density at radius 1 is 1.05 bits per heavy atom. The Kier molecular flexibility index (Phi) is 13.0. The number of rotatable bonds is 17. The van der Waals surface area contributed by atoms with Crippen LogP contribution in [0.2, 0.25) is 0 Å². The highest BCUT2D eigenvalue weighted by Crippen LogP contribution is 2.30. The van der Waals surface area contributed by atoms with Crippen LogP contribution < -0.4 is 5.32 Å². The Morgan fingerprint density at radius 2 is 1.76 bits per heavy atom.